The summed E-state index contributed by atoms with van der Waals surface area (Å²) in [6.45, 7) is 2.72. The van der Waals surface area contributed by atoms with Crippen molar-refractivity contribution in [1.82, 2.24) is 0 Å². The van der Waals surface area contributed by atoms with Gasteiger partial charge in [0.25, 0.3) is 0 Å². The Morgan fingerprint density at radius 1 is 1.05 bits per heavy atom. The Morgan fingerprint density at radius 3 is 2.45 bits per heavy atom. The number of para-hydroxylation sites is 2. The Morgan fingerprint density at radius 2 is 1.77 bits per heavy atom. The fourth-order valence-corrected chi connectivity index (χ4v) is 3.88. The molecular weight excluding hydrogens is 306 g/mol. The van der Waals surface area contributed by atoms with Crippen LogP contribution in [-0.4, -0.2) is 10.8 Å². The Labute approximate surface area is 130 Å². The summed E-state index contributed by atoms with van der Waals surface area (Å²) in [5.74, 6) is -1.86. The summed E-state index contributed by atoms with van der Waals surface area (Å²) in [7, 11) is 0. The molecule has 2 aromatic carbocycles. The molecule has 0 bridgehead atoms. The summed E-state index contributed by atoms with van der Waals surface area (Å²) in [6.07, 6.45) is 1.90. The maximum absolute atomic E-state index is 13.5. The molecule has 1 unspecified atom stereocenters. The maximum atomic E-state index is 13.5. The molecule has 0 saturated carbocycles. The van der Waals surface area contributed by atoms with Crippen LogP contribution >= 0.6 is 0 Å². The van der Waals surface area contributed by atoms with Gasteiger partial charge in [0.05, 0.1) is 17.1 Å². The van der Waals surface area contributed by atoms with Gasteiger partial charge in [0.15, 0.2) is 11.6 Å². The third-order valence-corrected chi connectivity index (χ3v) is 5.04. The Kier molecular flexibility index (Phi) is 4.11. The van der Waals surface area contributed by atoms with Gasteiger partial charge in [-0.1, -0.05) is 25.5 Å². The Hall–Kier alpha value is -1.95. The number of halogens is 2. The highest BCUT2D eigenvalue weighted by molar-refractivity contribution is 7.88. The molecule has 1 aliphatic rings. The van der Waals surface area contributed by atoms with Crippen molar-refractivity contribution in [2.75, 3.05) is 15.2 Å². The lowest BCUT2D eigenvalue weighted by Gasteiger charge is -2.20. The molecule has 1 aliphatic heterocycles. The fraction of sp³-hybridized carbons (Fsp3) is 0.250. The third kappa shape index (κ3) is 2.47. The zero-order valence-electron chi connectivity index (χ0n) is 12.1. The summed E-state index contributed by atoms with van der Waals surface area (Å²) in [5, 5.41) is 0. The number of benzene rings is 2. The van der Waals surface area contributed by atoms with Gasteiger partial charge in [0.2, 0.25) is 11.2 Å². The largest absolute Gasteiger partial charge is 0.272 e. The van der Waals surface area contributed by atoms with Gasteiger partial charge in [0.1, 0.15) is 0 Å². The number of fused-ring (bicyclic) bond motifs is 1. The van der Waals surface area contributed by atoms with E-state index in [1.165, 1.54) is 10.4 Å². The van der Waals surface area contributed by atoms with Crippen LogP contribution in [0.5, 0.6) is 0 Å². The molecule has 3 nitrogen and oxygen atoms in total. The Bertz CT molecular complexity index is 723. The summed E-state index contributed by atoms with van der Waals surface area (Å²) >= 11 is -1.48. The fourth-order valence-electron chi connectivity index (χ4n) is 2.45. The highest BCUT2D eigenvalue weighted by Gasteiger charge is 2.34. The molecule has 6 heteroatoms. The van der Waals surface area contributed by atoms with Crippen LogP contribution in [0, 0.1) is 11.6 Å². The van der Waals surface area contributed by atoms with E-state index in [4.69, 9.17) is 0 Å². The van der Waals surface area contributed by atoms with Gasteiger partial charge >= 0.3 is 0 Å². The van der Waals surface area contributed by atoms with Crippen molar-refractivity contribution >= 4 is 28.2 Å². The molecule has 1 heterocycles. The van der Waals surface area contributed by atoms with Crippen molar-refractivity contribution in [1.29, 1.82) is 0 Å². The zero-order valence-corrected chi connectivity index (χ0v) is 12.9. The molecule has 3 rings (SSSR count). The van der Waals surface area contributed by atoms with E-state index in [0.29, 0.717) is 12.2 Å². The van der Waals surface area contributed by atoms with E-state index in [0.717, 1.165) is 36.3 Å². The minimum absolute atomic E-state index is 0.378. The molecule has 2 aromatic rings. The van der Waals surface area contributed by atoms with Gasteiger partial charge in [-0.3, -0.25) is 4.31 Å². The third-order valence-electron chi connectivity index (χ3n) is 3.57. The zero-order chi connectivity index (χ0) is 15.7. The van der Waals surface area contributed by atoms with Crippen LogP contribution < -0.4 is 8.61 Å². The monoisotopic (exact) mass is 322 g/mol. The minimum Gasteiger partial charge on any atom is -0.272 e. The standard InChI is InChI=1S/C16H16F2N2OS/c1-2-3-10-19-15-6-4-5-7-16(15)20(22(19)21)12-8-9-13(17)14(18)11-12/h4-9,11H,2-3,10H2,1H3. The minimum atomic E-state index is -1.48. The van der Waals surface area contributed by atoms with Crippen LogP contribution in [0.2, 0.25) is 0 Å². The quantitative estimate of drug-likeness (QED) is 0.823. The lowest BCUT2D eigenvalue weighted by molar-refractivity contribution is 0.509. The average Bonchev–Trinajstić information content (AvgIpc) is 2.80. The van der Waals surface area contributed by atoms with Gasteiger partial charge < -0.3 is 0 Å². The molecule has 0 spiro atoms. The lowest BCUT2D eigenvalue weighted by Crippen LogP contribution is -2.30. The van der Waals surface area contributed by atoms with E-state index in [-0.39, 0.29) is 0 Å². The van der Waals surface area contributed by atoms with Crippen LogP contribution in [0.4, 0.5) is 25.8 Å². The summed E-state index contributed by atoms with van der Waals surface area (Å²) in [6, 6.07) is 11.0. The molecule has 0 aliphatic carbocycles. The summed E-state index contributed by atoms with van der Waals surface area (Å²) < 4.78 is 42.8. The van der Waals surface area contributed by atoms with Crippen LogP contribution in [-0.2, 0) is 11.2 Å². The predicted octanol–water partition coefficient (Wildman–Crippen LogP) is 4.30. The first-order valence-corrected chi connectivity index (χ1v) is 8.23. The number of anilines is 3. The van der Waals surface area contributed by atoms with Crippen LogP contribution in [0.3, 0.4) is 0 Å². The molecule has 0 fully saturated rings. The number of unbranched alkanes of at least 4 members (excludes halogenated alkanes) is 1. The van der Waals surface area contributed by atoms with E-state index in [2.05, 4.69) is 6.92 Å². The van der Waals surface area contributed by atoms with Gasteiger partial charge in [-0.05, 0) is 30.7 Å². The molecule has 1 atom stereocenters. The molecule has 0 radical (unpaired) electrons. The second kappa shape index (κ2) is 6.04. The van der Waals surface area contributed by atoms with Gasteiger partial charge in [-0.15, -0.1) is 0 Å². The van der Waals surface area contributed by atoms with Crippen molar-refractivity contribution in [3.63, 3.8) is 0 Å². The average molecular weight is 322 g/mol. The predicted molar refractivity (Wildman–Crippen MR) is 85.3 cm³/mol. The van der Waals surface area contributed by atoms with E-state index in [1.54, 1.807) is 4.31 Å². The molecule has 22 heavy (non-hydrogen) atoms. The SMILES string of the molecule is CCCCN1c2ccccc2N(c2ccc(F)c(F)c2)S1=O. The van der Waals surface area contributed by atoms with Crippen LogP contribution in [0.25, 0.3) is 0 Å². The van der Waals surface area contributed by atoms with E-state index >= 15 is 0 Å². The first-order chi connectivity index (χ1) is 10.6. The van der Waals surface area contributed by atoms with Gasteiger partial charge in [-0.25, -0.2) is 17.3 Å². The second-order valence-corrected chi connectivity index (χ2v) is 6.34. The van der Waals surface area contributed by atoms with Crippen LogP contribution in [0.1, 0.15) is 19.8 Å². The van der Waals surface area contributed by atoms with Gasteiger partial charge in [-0.2, -0.15) is 0 Å². The molecule has 0 N–H and O–H groups in total. The number of rotatable bonds is 4. The summed E-state index contributed by atoms with van der Waals surface area (Å²) in [4.78, 5) is 0. The molecule has 0 aromatic heterocycles. The van der Waals surface area contributed by atoms with Crippen molar-refractivity contribution in [2.45, 2.75) is 19.8 Å². The normalized spacial score (nSPS) is 17.0. The van der Waals surface area contributed by atoms with E-state index < -0.39 is 22.8 Å². The molecular formula is C16H16F2N2OS. The van der Waals surface area contributed by atoms with Gasteiger partial charge in [0, 0.05) is 12.6 Å². The van der Waals surface area contributed by atoms with E-state index in [9.17, 15) is 13.0 Å². The highest BCUT2D eigenvalue weighted by Crippen LogP contribution is 2.43. The van der Waals surface area contributed by atoms with E-state index in [1.807, 2.05) is 24.3 Å². The summed E-state index contributed by atoms with van der Waals surface area (Å²) in [5.41, 5.74) is 1.96. The highest BCUT2D eigenvalue weighted by atomic mass is 32.2. The molecule has 0 saturated heterocycles. The number of nitrogens with zero attached hydrogens (tertiary/aromatic N) is 2. The first kappa shape index (κ1) is 15.0. The number of hydrogen-bond acceptors (Lipinski definition) is 1. The maximum Gasteiger partial charge on any atom is 0.230 e. The van der Waals surface area contributed by atoms with Crippen molar-refractivity contribution in [2.24, 2.45) is 0 Å². The topological polar surface area (TPSA) is 23.6 Å². The first-order valence-electron chi connectivity index (χ1n) is 7.17. The second-order valence-electron chi connectivity index (χ2n) is 5.07. The molecule has 116 valence electrons. The number of hydrogen-bond donors (Lipinski definition) is 0. The lowest BCUT2D eigenvalue weighted by atomic mass is 10.2. The van der Waals surface area contributed by atoms with Crippen LogP contribution in [0.15, 0.2) is 42.5 Å². The van der Waals surface area contributed by atoms with Crippen molar-refractivity contribution in [3.8, 4) is 0 Å². The smallest absolute Gasteiger partial charge is 0.230 e. The van der Waals surface area contributed by atoms with Crippen molar-refractivity contribution in [3.05, 3.63) is 54.1 Å². The Balaban J connectivity index is 2.04. The van der Waals surface area contributed by atoms with Crippen molar-refractivity contribution < 1.29 is 13.0 Å². The molecule has 0 amide bonds.